The number of hydrogen-bond acceptors (Lipinski definition) is 3. The van der Waals surface area contributed by atoms with Crippen molar-refractivity contribution in [1.82, 2.24) is 9.55 Å². The molecule has 0 aliphatic carbocycles. The summed E-state index contributed by atoms with van der Waals surface area (Å²) in [6.07, 6.45) is 0. The molecule has 2 aromatic carbocycles. The lowest BCUT2D eigenvalue weighted by Gasteiger charge is -2.08. The second kappa shape index (κ2) is 4.66. The molecule has 0 saturated heterocycles. The van der Waals surface area contributed by atoms with E-state index < -0.39 is 17.6 Å². The van der Waals surface area contributed by atoms with E-state index in [9.17, 15) is 18.7 Å². The molecule has 0 saturated carbocycles. The first kappa shape index (κ1) is 13.2. The maximum atomic E-state index is 13.4. The third-order valence-electron chi connectivity index (χ3n) is 3.22. The molecular weight excluding hydrogens is 278 g/mol. The Morgan fingerprint density at radius 1 is 1.14 bits per heavy atom. The standard InChI is InChI=1S/C15H10F2N2O2/c1-8-18-13-6-9(15(20)21)2-5-14(13)19(8)10-3-4-11(16)12(17)7-10/h2-7H,1H3,(H,20,21)/p-1. The molecule has 1 aromatic heterocycles. The van der Waals surface area contributed by atoms with Crippen molar-refractivity contribution in [3.8, 4) is 5.69 Å². The molecule has 0 unspecified atom stereocenters. The molecule has 3 aromatic rings. The Balaban J connectivity index is 2.25. The molecule has 0 atom stereocenters. The molecule has 0 spiro atoms. The van der Waals surface area contributed by atoms with E-state index in [1.807, 2.05) is 0 Å². The SMILES string of the molecule is Cc1nc2cc(C(=O)[O-])ccc2n1-c1ccc(F)c(F)c1. The molecule has 21 heavy (non-hydrogen) atoms. The fourth-order valence-electron chi connectivity index (χ4n) is 2.28. The summed E-state index contributed by atoms with van der Waals surface area (Å²) in [5.74, 6) is -2.65. The Hall–Kier alpha value is -2.76. The number of carboxylic acids is 1. The summed E-state index contributed by atoms with van der Waals surface area (Å²) < 4.78 is 28.0. The Bertz CT molecular complexity index is 871. The maximum absolute atomic E-state index is 13.4. The molecular formula is C15H9F2N2O2-. The molecule has 0 fully saturated rings. The van der Waals surface area contributed by atoms with E-state index in [4.69, 9.17) is 0 Å². The minimum atomic E-state index is -1.29. The minimum absolute atomic E-state index is 0.0115. The second-order valence-corrected chi connectivity index (χ2v) is 4.58. The van der Waals surface area contributed by atoms with E-state index in [0.29, 0.717) is 22.5 Å². The van der Waals surface area contributed by atoms with E-state index in [2.05, 4.69) is 4.98 Å². The van der Waals surface area contributed by atoms with Gasteiger partial charge in [-0.15, -0.1) is 0 Å². The van der Waals surface area contributed by atoms with Crippen LogP contribution in [0.25, 0.3) is 16.7 Å². The monoisotopic (exact) mass is 287 g/mol. The van der Waals surface area contributed by atoms with Crippen molar-refractivity contribution in [2.75, 3.05) is 0 Å². The van der Waals surface area contributed by atoms with Crippen LogP contribution in [0, 0.1) is 18.6 Å². The van der Waals surface area contributed by atoms with Crippen molar-refractivity contribution in [1.29, 1.82) is 0 Å². The molecule has 0 bridgehead atoms. The van der Waals surface area contributed by atoms with Gasteiger partial charge in [0.25, 0.3) is 0 Å². The van der Waals surface area contributed by atoms with Crippen LogP contribution >= 0.6 is 0 Å². The Morgan fingerprint density at radius 3 is 2.57 bits per heavy atom. The molecule has 4 nitrogen and oxygen atoms in total. The lowest BCUT2D eigenvalue weighted by atomic mass is 10.2. The minimum Gasteiger partial charge on any atom is -0.545 e. The van der Waals surface area contributed by atoms with Gasteiger partial charge in [-0.2, -0.15) is 0 Å². The van der Waals surface area contributed by atoms with Crippen molar-refractivity contribution in [2.24, 2.45) is 0 Å². The van der Waals surface area contributed by atoms with Gasteiger partial charge in [-0.1, -0.05) is 6.07 Å². The summed E-state index contributed by atoms with van der Waals surface area (Å²) in [5.41, 5.74) is 1.47. The predicted octanol–water partition coefficient (Wildman–Crippen LogP) is 1.98. The van der Waals surface area contributed by atoms with E-state index in [0.717, 1.165) is 12.1 Å². The van der Waals surface area contributed by atoms with Gasteiger partial charge >= 0.3 is 0 Å². The molecule has 3 rings (SSSR count). The number of aromatic nitrogens is 2. The van der Waals surface area contributed by atoms with Crippen LogP contribution in [-0.4, -0.2) is 15.5 Å². The van der Waals surface area contributed by atoms with Gasteiger partial charge in [-0.3, -0.25) is 4.57 Å². The van der Waals surface area contributed by atoms with Gasteiger partial charge in [-0.05, 0) is 36.8 Å². The van der Waals surface area contributed by atoms with Gasteiger partial charge in [0.15, 0.2) is 11.6 Å². The van der Waals surface area contributed by atoms with Gasteiger partial charge in [0, 0.05) is 6.07 Å². The quantitative estimate of drug-likeness (QED) is 0.724. The van der Waals surface area contributed by atoms with E-state index in [1.165, 1.54) is 18.2 Å². The highest BCUT2D eigenvalue weighted by atomic mass is 19.2. The highest BCUT2D eigenvalue weighted by Gasteiger charge is 2.12. The average molecular weight is 287 g/mol. The fraction of sp³-hybridized carbons (Fsp3) is 0.0667. The number of imidazole rings is 1. The highest BCUT2D eigenvalue weighted by molar-refractivity contribution is 5.91. The first-order valence-electron chi connectivity index (χ1n) is 6.13. The van der Waals surface area contributed by atoms with Crippen molar-refractivity contribution in [3.05, 3.63) is 59.4 Å². The lowest BCUT2D eigenvalue weighted by Crippen LogP contribution is -2.21. The number of carboxylic acid groups (broad SMARTS) is 1. The molecule has 0 aliphatic rings. The van der Waals surface area contributed by atoms with Crippen LogP contribution in [0.2, 0.25) is 0 Å². The van der Waals surface area contributed by atoms with E-state index in [-0.39, 0.29) is 5.56 Å². The number of rotatable bonds is 2. The summed E-state index contributed by atoms with van der Waals surface area (Å²) in [4.78, 5) is 15.1. The summed E-state index contributed by atoms with van der Waals surface area (Å²) in [6, 6.07) is 7.85. The molecule has 1 heterocycles. The van der Waals surface area contributed by atoms with Crippen LogP contribution in [0.4, 0.5) is 8.78 Å². The fourth-order valence-corrected chi connectivity index (χ4v) is 2.28. The smallest absolute Gasteiger partial charge is 0.160 e. The van der Waals surface area contributed by atoms with Crippen molar-refractivity contribution < 1.29 is 18.7 Å². The number of carbonyl (C=O) groups excluding carboxylic acids is 1. The number of halogens is 2. The van der Waals surface area contributed by atoms with Crippen molar-refractivity contribution in [3.63, 3.8) is 0 Å². The zero-order valence-corrected chi connectivity index (χ0v) is 10.9. The average Bonchev–Trinajstić information content (AvgIpc) is 2.76. The van der Waals surface area contributed by atoms with Crippen LogP contribution in [0.1, 0.15) is 16.2 Å². The van der Waals surface area contributed by atoms with Crippen LogP contribution in [0.3, 0.4) is 0 Å². The molecule has 0 aliphatic heterocycles. The molecule has 0 radical (unpaired) electrons. The normalized spacial score (nSPS) is 11.0. The largest absolute Gasteiger partial charge is 0.545 e. The van der Waals surface area contributed by atoms with Crippen molar-refractivity contribution in [2.45, 2.75) is 6.92 Å². The van der Waals surface area contributed by atoms with Crippen LogP contribution < -0.4 is 5.11 Å². The summed E-state index contributed by atoms with van der Waals surface area (Å²) in [5, 5.41) is 10.9. The zero-order chi connectivity index (χ0) is 15.1. The van der Waals surface area contributed by atoms with E-state index in [1.54, 1.807) is 17.6 Å². The van der Waals surface area contributed by atoms with Gasteiger partial charge in [0.2, 0.25) is 0 Å². The molecule has 106 valence electrons. The number of aryl methyl sites for hydroxylation is 1. The van der Waals surface area contributed by atoms with Gasteiger partial charge in [-0.25, -0.2) is 13.8 Å². The van der Waals surface area contributed by atoms with E-state index >= 15 is 0 Å². The van der Waals surface area contributed by atoms with Crippen LogP contribution in [-0.2, 0) is 0 Å². The first-order chi connectivity index (χ1) is 9.97. The summed E-state index contributed by atoms with van der Waals surface area (Å²) in [7, 11) is 0. The Kier molecular flexibility index (Phi) is 2.94. The Morgan fingerprint density at radius 2 is 1.90 bits per heavy atom. The maximum Gasteiger partial charge on any atom is 0.160 e. The second-order valence-electron chi connectivity index (χ2n) is 4.58. The summed E-state index contributed by atoms with van der Waals surface area (Å²) in [6.45, 7) is 1.69. The Labute approximate surface area is 118 Å². The third-order valence-corrected chi connectivity index (χ3v) is 3.22. The van der Waals surface area contributed by atoms with Crippen molar-refractivity contribution >= 4 is 17.0 Å². The number of fused-ring (bicyclic) bond motifs is 1. The lowest BCUT2D eigenvalue weighted by molar-refractivity contribution is -0.255. The number of hydrogen-bond donors (Lipinski definition) is 0. The summed E-state index contributed by atoms with van der Waals surface area (Å²) >= 11 is 0. The molecule has 0 amide bonds. The number of carbonyl (C=O) groups is 1. The van der Waals surface area contributed by atoms with Crippen LogP contribution in [0.15, 0.2) is 36.4 Å². The first-order valence-corrected chi connectivity index (χ1v) is 6.13. The zero-order valence-electron chi connectivity index (χ0n) is 10.9. The van der Waals surface area contributed by atoms with Gasteiger partial charge in [0.05, 0.1) is 22.7 Å². The highest BCUT2D eigenvalue weighted by Crippen LogP contribution is 2.23. The number of benzene rings is 2. The topological polar surface area (TPSA) is 57.9 Å². The van der Waals surface area contributed by atoms with Gasteiger partial charge < -0.3 is 9.90 Å². The molecule has 0 N–H and O–H groups in total. The van der Waals surface area contributed by atoms with Crippen LogP contribution in [0.5, 0.6) is 0 Å². The third kappa shape index (κ3) is 2.14. The molecule has 6 heteroatoms. The number of aromatic carboxylic acids is 1. The van der Waals surface area contributed by atoms with Gasteiger partial charge in [0.1, 0.15) is 5.82 Å². The predicted molar refractivity (Wildman–Crippen MR) is 70.1 cm³/mol. The number of nitrogens with zero attached hydrogens (tertiary/aromatic N) is 2.